The summed E-state index contributed by atoms with van der Waals surface area (Å²) in [6.45, 7) is 11.7. The van der Waals surface area contributed by atoms with E-state index < -0.39 is 9.04 Å². The number of aromatic hydroxyl groups is 1. The number of nitrogens with zero attached hydrogens (tertiary/aromatic N) is 4. The second kappa shape index (κ2) is 9.41. The summed E-state index contributed by atoms with van der Waals surface area (Å²) < 4.78 is 6.27. The van der Waals surface area contributed by atoms with Gasteiger partial charge < -0.3 is 14.4 Å². The van der Waals surface area contributed by atoms with Crippen LogP contribution in [0.4, 0.5) is 5.95 Å². The van der Waals surface area contributed by atoms with Crippen LogP contribution >= 0.6 is 11.6 Å². The Hall–Kier alpha value is -2.48. The van der Waals surface area contributed by atoms with Crippen LogP contribution in [0.5, 0.6) is 5.75 Å². The van der Waals surface area contributed by atoms with Crippen LogP contribution < -0.4 is 4.90 Å². The molecule has 0 spiro atoms. The maximum Gasteiger partial charge on any atom is 0.231 e. The lowest BCUT2D eigenvalue weighted by molar-refractivity contribution is 0.223. The van der Waals surface area contributed by atoms with Crippen molar-refractivity contribution < 1.29 is 9.53 Å². The second-order valence-corrected chi connectivity index (χ2v) is 12.6. The maximum absolute atomic E-state index is 9.96. The van der Waals surface area contributed by atoms with Crippen LogP contribution in [-0.4, -0.2) is 41.7 Å². The maximum atomic E-state index is 9.96. The Morgan fingerprint density at radius 2 is 1.85 bits per heavy atom. The number of aromatic nitrogens is 3. The Morgan fingerprint density at radius 3 is 2.55 bits per heavy atom. The van der Waals surface area contributed by atoms with Gasteiger partial charge in [0.1, 0.15) is 5.75 Å². The summed E-state index contributed by atoms with van der Waals surface area (Å²) in [6.07, 6.45) is 0.875. The number of rotatable bonds is 5. The quantitative estimate of drug-likeness (QED) is 0.490. The molecule has 0 aliphatic carbocycles. The monoisotopic (exact) mass is 482 g/mol. The van der Waals surface area contributed by atoms with Gasteiger partial charge >= 0.3 is 0 Å². The van der Waals surface area contributed by atoms with Crippen molar-refractivity contribution in [1.82, 2.24) is 15.0 Å². The minimum atomic E-state index is -1.25. The number of hydrogen-bond donors (Lipinski definition) is 1. The molecule has 8 heteroatoms. The summed E-state index contributed by atoms with van der Waals surface area (Å²) in [6, 6.07) is 15.5. The molecular weight excluding hydrogens is 452 g/mol. The van der Waals surface area contributed by atoms with Crippen molar-refractivity contribution >= 4 is 26.6 Å². The number of halogens is 1. The molecule has 2 atom stereocenters. The summed E-state index contributed by atoms with van der Waals surface area (Å²) in [5, 5.41) is 10.1. The van der Waals surface area contributed by atoms with Crippen LogP contribution in [0.2, 0.25) is 18.4 Å². The van der Waals surface area contributed by atoms with Gasteiger partial charge in [-0.25, -0.2) is 0 Å². The molecule has 0 amide bonds. The van der Waals surface area contributed by atoms with E-state index in [1.54, 1.807) is 18.2 Å². The van der Waals surface area contributed by atoms with E-state index >= 15 is 0 Å². The van der Waals surface area contributed by atoms with E-state index in [0.29, 0.717) is 23.9 Å². The summed E-state index contributed by atoms with van der Waals surface area (Å²) in [7, 11) is -1.25. The largest absolute Gasteiger partial charge is 0.508 e. The fourth-order valence-electron chi connectivity index (χ4n) is 4.40. The lowest BCUT2D eigenvalue weighted by Crippen LogP contribution is -2.52. The minimum absolute atomic E-state index is 0.0374. The van der Waals surface area contributed by atoms with Gasteiger partial charge in [0.15, 0.2) is 14.9 Å². The highest BCUT2D eigenvalue weighted by molar-refractivity contribution is 6.48. The highest BCUT2D eigenvalue weighted by Gasteiger charge is 2.42. The Labute approximate surface area is 202 Å². The second-order valence-electron chi connectivity index (χ2n) is 9.87. The molecule has 1 N–H and O–H groups in total. The molecule has 0 bridgehead atoms. The first kappa shape index (κ1) is 23.7. The third-order valence-electron chi connectivity index (χ3n) is 6.02. The van der Waals surface area contributed by atoms with Gasteiger partial charge in [-0.2, -0.15) is 15.0 Å². The van der Waals surface area contributed by atoms with Gasteiger partial charge in [-0.15, -0.1) is 0 Å². The zero-order valence-corrected chi connectivity index (χ0v) is 21.7. The SMILES string of the molecule is C[SiH](C)OCC1c2ccccc2CC(C(C)(C)C)N1c1nc(Cl)nc(-c2cccc(O)c2)n1. The van der Waals surface area contributed by atoms with Gasteiger partial charge in [-0.3, -0.25) is 0 Å². The predicted octanol–water partition coefficient (Wildman–Crippen LogP) is 5.42. The topological polar surface area (TPSA) is 71.4 Å². The molecule has 0 radical (unpaired) electrons. The first-order chi connectivity index (χ1) is 15.6. The van der Waals surface area contributed by atoms with Crippen LogP contribution in [0.25, 0.3) is 11.4 Å². The van der Waals surface area contributed by atoms with Crippen LogP contribution in [0.15, 0.2) is 48.5 Å². The van der Waals surface area contributed by atoms with Crippen molar-refractivity contribution in [2.75, 3.05) is 11.5 Å². The summed E-state index contributed by atoms with van der Waals surface area (Å²) in [4.78, 5) is 16.1. The lowest BCUT2D eigenvalue weighted by Gasteiger charge is -2.48. The van der Waals surface area contributed by atoms with Gasteiger partial charge in [0.25, 0.3) is 0 Å². The summed E-state index contributed by atoms with van der Waals surface area (Å²) in [5.74, 6) is 1.12. The Balaban J connectivity index is 1.87. The van der Waals surface area contributed by atoms with E-state index in [4.69, 9.17) is 21.0 Å². The molecule has 0 saturated carbocycles. The molecule has 1 aromatic heterocycles. The number of phenolic OH excluding ortho intramolecular Hbond substituents is 1. The Morgan fingerprint density at radius 1 is 1.09 bits per heavy atom. The van der Waals surface area contributed by atoms with Crippen molar-refractivity contribution in [2.24, 2.45) is 5.41 Å². The van der Waals surface area contributed by atoms with Crippen molar-refractivity contribution in [3.8, 4) is 17.1 Å². The Bertz CT molecular complexity index is 1140. The number of fused-ring (bicyclic) bond motifs is 1. The fraction of sp³-hybridized carbons (Fsp3) is 0.400. The van der Waals surface area contributed by atoms with Crippen LogP contribution in [-0.2, 0) is 10.8 Å². The molecule has 174 valence electrons. The molecule has 2 unspecified atom stereocenters. The van der Waals surface area contributed by atoms with Crippen molar-refractivity contribution in [3.05, 3.63) is 64.9 Å². The van der Waals surface area contributed by atoms with E-state index in [1.807, 2.05) is 6.07 Å². The van der Waals surface area contributed by atoms with Gasteiger partial charge in [-0.05, 0) is 59.8 Å². The molecule has 3 aromatic rings. The van der Waals surface area contributed by atoms with Gasteiger partial charge in [0.2, 0.25) is 11.2 Å². The average Bonchev–Trinajstić information content (AvgIpc) is 2.75. The zero-order valence-electron chi connectivity index (χ0n) is 19.8. The third-order valence-corrected chi connectivity index (χ3v) is 7.05. The standard InChI is InChI=1S/C25H31ClN4O2Si/c1-25(2,3)21-14-16-9-6-7-12-19(16)20(15-32-33(4)5)30(21)24-28-22(27-23(26)29-24)17-10-8-11-18(31)13-17/h6-13,20-21,31,33H,14-15H2,1-5H3. The van der Waals surface area contributed by atoms with Crippen LogP contribution in [0.1, 0.15) is 37.9 Å². The number of phenols is 1. The molecule has 2 aromatic carbocycles. The molecule has 0 fully saturated rings. The van der Waals surface area contributed by atoms with E-state index in [0.717, 1.165) is 6.42 Å². The zero-order chi connectivity index (χ0) is 23.8. The number of hydrogen-bond acceptors (Lipinski definition) is 6. The molecule has 0 saturated heterocycles. The molecule has 2 heterocycles. The van der Waals surface area contributed by atoms with Crippen molar-refractivity contribution in [3.63, 3.8) is 0 Å². The van der Waals surface area contributed by atoms with Crippen molar-refractivity contribution in [1.29, 1.82) is 0 Å². The number of anilines is 1. The first-order valence-electron chi connectivity index (χ1n) is 11.3. The molecular formula is C25H31ClN4O2Si. The van der Waals surface area contributed by atoms with E-state index in [-0.39, 0.29) is 28.5 Å². The molecule has 1 aliphatic rings. The number of benzene rings is 2. The average molecular weight is 483 g/mol. The highest BCUT2D eigenvalue weighted by Crippen LogP contribution is 2.42. The van der Waals surface area contributed by atoms with Crippen molar-refractivity contribution in [2.45, 2.75) is 52.4 Å². The van der Waals surface area contributed by atoms with Gasteiger partial charge in [0.05, 0.1) is 12.6 Å². The van der Waals surface area contributed by atoms with Crippen LogP contribution in [0.3, 0.4) is 0 Å². The van der Waals surface area contributed by atoms with Gasteiger partial charge in [-0.1, -0.05) is 57.2 Å². The predicted molar refractivity (Wildman–Crippen MR) is 135 cm³/mol. The highest BCUT2D eigenvalue weighted by atomic mass is 35.5. The first-order valence-corrected chi connectivity index (χ1v) is 14.5. The summed E-state index contributed by atoms with van der Waals surface area (Å²) in [5.41, 5.74) is 3.21. The molecule has 4 rings (SSSR count). The van der Waals surface area contributed by atoms with Crippen LogP contribution in [0, 0.1) is 5.41 Å². The summed E-state index contributed by atoms with van der Waals surface area (Å²) >= 11 is 6.42. The van der Waals surface area contributed by atoms with E-state index in [9.17, 15) is 5.11 Å². The van der Waals surface area contributed by atoms with E-state index in [1.165, 1.54) is 11.1 Å². The molecule has 33 heavy (non-hydrogen) atoms. The minimum Gasteiger partial charge on any atom is -0.508 e. The smallest absolute Gasteiger partial charge is 0.231 e. The normalized spacial score (nSPS) is 18.5. The van der Waals surface area contributed by atoms with E-state index in [2.05, 4.69) is 73.0 Å². The van der Waals surface area contributed by atoms with Gasteiger partial charge in [0, 0.05) is 11.6 Å². The molecule has 1 aliphatic heterocycles. The third kappa shape index (κ3) is 5.21. The lowest BCUT2D eigenvalue weighted by atomic mass is 9.76. The Kier molecular flexibility index (Phi) is 6.75. The fourth-order valence-corrected chi connectivity index (χ4v) is 5.13. The molecule has 6 nitrogen and oxygen atoms in total.